The number of hydrogen-bond acceptors (Lipinski definition) is 2. The number of allylic oxidation sites excluding steroid dienone is 8. The summed E-state index contributed by atoms with van der Waals surface area (Å²) >= 11 is 0. The van der Waals surface area contributed by atoms with Gasteiger partial charge < -0.3 is 9.84 Å². The second-order valence-corrected chi connectivity index (χ2v) is 8.49. The van der Waals surface area contributed by atoms with E-state index in [1.807, 2.05) is 13.8 Å². The number of aliphatic hydroxyl groups excluding tert-OH is 1. The average molecular weight is 469 g/mol. The molecule has 0 aromatic heterocycles. The van der Waals surface area contributed by atoms with E-state index < -0.39 is 23.6 Å². The van der Waals surface area contributed by atoms with E-state index in [0.29, 0.717) is 31.3 Å². The summed E-state index contributed by atoms with van der Waals surface area (Å²) < 4.78 is 47.7. The second-order valence-electron chi connectivity index (χ2n) is 8.49. The van der Waals surface area contributed by atoms with Gasteiger partial charge in [-0.25, -0.2) is 13.2 Å². The number of halogens is 3. The van der Waals surface area contributed by atoms with Gasteiger partial charge in [-0.15, -0.1) is 6.58 Å². The highest BCUT2D eigenvalue weighted by Gasteiger charge is 2.21. The molecule has 5 heteroatoms. The molecule has 0 aromatic rings. The van der Waals surface area contributed by atoms with Gasteiger partial charge in [0.2, 0.25) is 0 Å². The quantitative estimate of drug-likeness (QED) is 0.157. The Hall–Kier alpha value is -2.27. The molecule has 0 heterocycles. The third-order valence-electron chi connectivity index (χ3n) is 5.45. The highest BCUT2D eigenvalue weighted by molar-refractivity contribution is 5.37. The summed E-state index contributed by atoms with van der Waals surface area (Å²) in [5.41, 5.74) is 0.705. The van der Waals surface area contributed by atoms with Crippen LogP contribution in [0.2, 0.25) is 0 Å². The first-order valence-electron chi connectivity index (χ1n) is 11.2. The molecule has 188 valence electrons. The molecule has 4 atom stereocenters. The molecule has 0 rings (SSSR count). The fourth-order valence-electron chi connectivity index (χ4n) is 2.72. The van der Waals surface area contributed by atoms with E-state index in [4.69, 9.17) is 4.74 Å². The van der Waals surface area contributed by atoms with Gasteiger partial charge in [0.1, 0.15) is 5.76 Å². The fourth-order valence-corrected chi connectivity index (χ4v) is 2.72. The van der Waals surface area contributed by atoms with Crippen molar-refractivity contribution in [1.29, 1.82) is 0 Å². The monoisotopic (exact) mass is 468 g/mol. The molecule has 2 nitrogen and oxygen atoms in total. The standard InChI is InChI=1S/C25H37F3O2.C3H6/c1-15(18(4)14-23(26)22(8)30-9)10-11-16(2)20(6)24(27)25(28)21(7)17(3)12-13-19(5)29;1-3-2/h14-17,19,29H,4,6-8,10-13H2,1-3,5,9H3;3H,1H2,2H3/b23-14+,25-24-;. The molecule has 0 saturated carbocycles. The van der Waals surface area contributed by atoms with Crippen LogP contribution < -0.4 is 0 Å². The van der Waals surface area contributed by atoms with Crippen LogP contribution in [-0.2, 0) is 4.74 Å². The summed E-state index contributed by atoms with van der Waals surface area (Å²) in [6.07, 6.45) is 4.65. The molecule has 0 fully saturated rings. The molecule has 0 radical (unpaired) electrons. The molecule has 0 spiro atoms. The Morgan fingerprint density at radius 3 is 1.55 bits per heavy atom. The first-order chi connectivity index (χ1) is 15.2. The van der Waals surface area contributed by atoms with Crippen molar-refractivity contribution in [3.05, 3.63) is 85.0 Å². The van der Waals surface area contributed by atoms with Crippen molar-refractivity contribution in [2.24, 2.45) is 17.8 Å². The lowest BCUT2D eigenvalue weighted by Crippen LogP contribution is -2.08. The van der Waals surface area contributed by atoms with Crippen molar-refractivity contribution in [3.8, 4) is 0 Å². The predicted molar refractivity (Wildman–Crippen MR) is 136 cm³/mol. The molecule has 0 aliphatic carbocycles. The van der Waals surface area contributed by atoms with Gasteiger partial charge in [-0.05, 0) is 80.1 Å². The minimum absolute atomic E-state index is 0.0667. The lowest BCUT2D eigenvalue weighted by Gasteiger charge is -2.19. The summed E-state index contributed by atoms with van der Waals surface area (Å²) in [6, 6.07) is 0. The molecule has 0 aliphatic rings. The summed E-state index contributed by atoms with van der Waals surface area (Å²) in [7, 11) is 1.33. The summed E-state index contributed by atoms with van der Waals surface area (Å²) in [5, 5.41) is 9.36. The van der Waals surface area contributed by atoms with Crippen molar-refractivity contribution in [3.63, 3.8) is 0 Å². The van der Waals surface area contributed by atoms with Gasteiger partial charge in [-0.3, -0.25) is 0 Å². The van der Waals surface area contributed by atoms with Crippen molar-refractivity contribution < 1.29 is 23.0 Å². The normalized spacial score (nSPS) is 15.6. The van der Waals surface area contributed by atoms with Crippen molar-refractivity contribution >= 4 is 0 Å². The van der Waals surface area contributed by atoms with Gasteiger partial charge in [0.15, 0.2) is 17.5 Å². The van der Waals surface area contributed by atoms with Crippen LogP contribution in [0.3, 0.4) is 0 Å². The first kappa shape index (κ1) is 32.9. The number of ether oxygens (including phenoxy) is 1. The van der Waals surface area contributed by atoms with E-state index in [9.17, 15) is 18.3 Å². The molecular formula is C28H43F3O2. The van der Waals surface area contributed by atoms with Crippen molar-refractivity contribution in [2.45, 2.75) is 66.4 Å². The zero-order chi connectivity index (χ0) is 26.3. The zero-order valence-electron chi connectivity index (χ0n) is 21.3. The molecular weight excluding hydrogens is 425 g/mol. The molecule has 0 amide bonds. The van der Waals surface area contributed by atoms with Crippen molar-refractivity contribution in [1.82, 2.24) is 0 Å². The molecule has 0 aliphatic heterocycles. The number of rotatable bonds is 14. The van der Waals surface area contributed by atoms with Crippen LogP contribution in [0.5, 0.6) is 0 Å². The molecule has 33 heavy (non-hydrogen) atoms. The highest BCUT2D eigenvalue weighted by atomic mass is 19.2. The number of hydrogen-bond donors (Lipinski definition) is 1. The van der Waals surface area contributed by atoms with Gasteiger partial charge in [0, 0.05) is 0 Å². The predicted octanol–water partition coefficient (Wildman–Crippen LogP) is 8.86. The minimum atomic E-state index is -0.981. The summed E-state index contributed by atoms with van der Waals surface area (Å²) in [4.78, 5) is 0. The van der Waals surface area contributed by atoms with Crippen LogP contribution in [0.1, 0.15) is 60.3 Å². The number of aliphatic hydroxyl groups is 1. The zero-order valence-corrected chi connectivity index (χ0v) is 21.3. The third kappa shape index (κ3) is 13.1. The lowest BCUT2D eigenvalue weighted by atomic mass is 9.88. The van der Waals surface area contributed by atoms with E-state index in [2.05, 4.69) is 32.9 Å². The summed E-state index contributed by atoms with van der Waals surface area (Å²) in [6.45, 7) is 27.0. The van der Waals surface area contributed by atoms with Crippen LogP contribution in [0.4, 0.5) is 13.2 Å². The Kier molecular flexibility index (Phi) is 17.2. The summed E-state index contributed by atoms with van der Waals surface area (Å²) in [5.74, 6) is -3.30. The maximum atomic E-state index is 14.6. The maximum Gasteiger partial charge on any atom is 0.164 e. The average Bonchev–Trinajstić information content (AvgIpc) is 2.78. The van der Waals surface area contributed by atoms with Crippen LogP contribution in [-0.4, -0.2) is 18.3 Å². The van der Waals surface area contributed by atoms with Gasteiger partial charge >= 0.3 is 0 Å². The van der Waals surface area contributed by atoms with E-state index in [-0.39, 0.29) is 34.7 Å². The van der Waals surface area contributed by atoms with Gasteiger partial charge in [0.05, 0.1) is 13.2 Å². The highest BCUT2D eigenvalue weighted by Crippen LogP contribution is 2.33. The van der Waals surface area contributed by atoms with Crippen LogP contribution in [0.25, 0.3) is 0 Å². The van der Waals surface area contributed by atoms with Crippen LogP contribution in [0, 0.1) is 17.8 Å². The smallest absolute Gasteiger partial charge is 0.164 e. The first-order valence-corrected chi connectivity index (χ1v) is 11.2. The van der Waals surface area contributed by atoms with E-state index in [1.54, 1.807) is 26.8 Å². The van der Waals surface area contributed by atoms with E-state index in [1.165, 1.54) is 13.2 Å². The Morgan fingerprint density at radius 1 is 0.818 bits per heavy atom. The van der Waals surface area contributed by atoms with Gasteiger partial charge in [-0.1, -0.05) is 53.2 Å². The van der Waals surface area contributed by atoms with E-state index in [0.717, 1.165) is 0 Å². The molecule has 0 saturated heterocycles. The van der Waals surface area contributed by atoms with E-state index >= 15 is 0 Å². The molecule has 4 unspecified atom stereocenters. The maximum absolute atomic E-state index is 14.6. The minimum Gasteiger partial charge on any atom is -0.494 e. The largest absolute Gasteiger partial charge is 0.494 e. The van der Waals surface area contributed by atoms with Crippen LogP contribution >= 0.6 is 0 Å². The Balaban J connectivity index is 0. The molecule has 0 bridgehead atoms. The second kappa shape index (κ2) is 17.2. The molecule has 0 aromatic carbocycles. The Morgan fingerprint density at radius 2 is 1.18 bits per heavy atom. The topological polar surface area (TPSA) is 29.5 Å². The Labute approximate surface area is 199 Å². The molecule has 1 N–H and O–H groups in total. The SMILES string of the molecule is C=C(OC)/C(F)=C\C(=C)C(C)CCC(C)C(=C)/C(F)=C(/F)C(=C)C(C)CCC(C)O.C=CC. The van der Waals surface area contributed by atoms with Crippen LogP contribution in [0.15, 0.2) is 85.0 Å². The third-order valence-corrected chi connectivity index (χ3v) is 5.45. The Bertz CT molecular complexity index is 744. The number of methoxy groups -OCH3 is 1. The fraction of sp³-hybridized carbons (Fsp3) is 0.500. The van der Waals surface area contributed by atoms with Gasteiger partial charge in [0.25, 0.3) is 0 Å². The van der Waals surface area contributed by atoms with Crippen molar-refractivity contribution in [2.75, 3.05) is 7.11 Å². The van der Waals surface area contributed by atoms with Gasteiger partial charge in [-0.2, -0.15) is 0 Å². The lowest BCUT2D eigenvalue weighted by molar-refractivity contribution is 0.177.